The van der Waals surface area contributed by atoms with E-state index in [9.17, 15) is 4.79 Å². The van der Waals surface area contributed by atoms with Gasteiger partial charge in [-0.1, -0.05) is 17.4 Å². The zero-order valence-electron chi connectivity index (χ0n) is 16.5. The van der Waals surface area contributed by atoms with E-state index >= 15 is 0 Å². The van der Waals surface area contributed by atoms with E-state index in [0.29, 0.717) is 11.4 Å². The van der Waals surface area contributed by atoms with Crippen molar-refractivity contribution in [1.29, 1.82) is 0 Å². The molecule has 27 heavy (non-hydrogen) atoms. The van der Waals surface area contributed by atoms with Crippen molar-refractivity contribution < 1.29 is 4.79 Å². The van der Waals surface area contributed by atoms with Gasteiger partial charge in [-0.15, -0.1) is 23.7 Å². The van der Waals surface area contributed by atoms with Crippen molar-refractivity contribution in [2.75, 3.05) is 32.1 Å². The molecule has 0 fully saturated rings. The fourth-order valence-corrected chi connectivity index (χ4v) is 4.95. The molecule has 0 atom stereocenters. The summed E-state index contributed by atoms with van der Waals surface area (Å²) in [7, 11) is 4.02. The summed E-state index contributed by atoms with van der Waals surface area (Å²) in [4.78, 5) is 27.1. The van der Waals surface area contributed by atoms with Crippen LogP contribution < -0.4 is 4.90 Å². The summed E-state index contributed by atoms with van der Waals surface area (Å²) in [5, 5.41) is 1.67. The van der Waals surface area contributed by atoms with Crippen LogP contribution in [0.15, 0.2) is 12.1 Å². The van der Waals surface area contributed by atoms with Crippen molar-refractivity contribution in [2.24, 2.45) is 0 Å². The van der Waals surface area contributed by atoms with Crippen LogP contribution in [0, 0.1) is 27.7 Å². The van der Waals surface area contributed by atoms with E-state index in [1.54, 1.807) is 16.2 Å². The number of benzene rings is 1. The summed E-state index contributed by atoms with van der Waals surface area (Å²) in [6.07, 6.45) is 0. The second-order valence-electron chi connectivity index (χ2n) is 6.83. The van der Waals surface area contributed by atoms with Gasteiger partial charge in [0.2, 0.25) is 0 Å². The molecule has 0 aliphatic carbocycles. The number of rotatable bonds is 5. The lowest BCUT2D eigenvalue weighted by molar-refractivity contribution is 0.0988. The number of likely N-dealkylation sites (N-methyl/N-ethyl adjacent to an activating group) is 1. The van der Waals surface area contributed by atoms with Gasteiger partial charge in [-0.2, -0.15) is 0 Å². The molecule has 0 unspecified atom stereocenters. The second kappa shape index (κ2) is 8.65. The van der Waals surface area contributed by atoms with E-state index in [2.05, 4.69) is 35.9 Å². The molecule has 3 rings (SSSR count). The van der Waals surface area contributed by atoms with E-state index in [1.165, 1.54) is 16.9 Å². The van der Waals surface area contributed by atoms with Crippen LogP contribution in [0.2, 0.25) is 0 Å². The Bertz CT molecular complexity index is 964. The van der Waals surface area contributed by atoms with Gasteiger partial charge in [0.05, 0.1) is 20.9 Å². The van der Waals surface area contributed by atoms with Crippen LogP contribution in [0.1, 0.15) is 31.5 Å². The molecule has 0 saturated carbocycles. The highest BCUT2D eigenvalue weighted by Gasteiger charge is 2.25. The summed E-state index contributed by atoms with van der Waals surface area (Å²) in [5.41, 5.74) is 4.13. The van der Waals surface area contributed by atoms with Crippen LogP contribution in [0.5, 0.6) is 0 Å². The fourth-order valence-electron chi connectivity index (χ4n) is 2.91. The number of hydrogen-bond acceptors (Lipinski definition) is 6. The maximum Gasteiger partial charge on any atom is 0.272 e. The summed E-state index contributed by atoms with van der Waals surface area (Å²) in [6, 6.07) is 4.27. The molecule has 1 amide bonds. The quantitative estimate of drug-likeness (QED) is 0.599. The van der Waals surface area contributed by atoms with Crippen LogP contribution >= 0.6 is 35.1 Å². The van der Waals surface area contributed by atoms with E-state index < -0.39 is 0 Å². The minimum atomic E-state index is -0.0108. The van der Waals surface area contributed by atoms with Crippen LogP contribution in [-0.4, -0.2) is 48.0 Å². The molecular formula is C19H25ClN4OS2. The Hall–Kier alpha value is -1.54. The van der Waals surface area contributed by atoms with Crippen LogP contribution in [0.3, 0.4) is 0 Å². The Labute approximate surface area is 174 Å². The molecule has 0 saturated heterocycles. The lowest BCUT2D eigenvalue weighted by atomic mass is 10.1. The van der Waals surface area contributed by atoms with Gasteiger partial charge < -0.3 is 4.90 Å². The number of anilines is 1. The number of carbonyl (C=O) groups excluding carboxylic acids is 1. The van der Waals surface area contributed by atoms with Crippen LogP contribution in [0.25, 0.3) is 10.2 Å². The predicted molar refractivity (Wildman–Crippen MR) is 118 cm³/mol. The minimum absolute atomic E-state index is 0. The summed E-state index contributed by atoms with van der Waals surface area (Å²) >= 11 is 3.03. The number of aromatic nitrogens is 2. The highest BCUT2D eigenvalue weighted by atomic mass is 35.5. The van der Waals surface area contributed by atoms with Crippen LogP contribution in [-0.2, 0) is 0 Å². The van der Waals surface area contributed by atoms with Gasteiger partial charge in [0, 0.05) is 13.1 Å². The molecule has 5 nitrogen and oxygen atoms in total. The highest BCUT2D eigenvalue weighted by molar-refractivity contribution is 7.22. The van der Waals surface area contributed by atoms with Gasteiger partial charge in [-0.25, -0.2) is 9.97 Å². The Morgan fingerprint density at radius 1 is 1.04 bits per heavy atom. The van der Waals surface area contributed by atoms with Gasteiger partial charge in [-0.05, 0) is 59.0 Å². The van der Waals surface area contributed by atoms with E-state index in [4.69, 9.17) is 4.98 Å². The topological polar surface area (TPSA) is 49.3 Å². The van der Waals surface area contributed by atoms with Gasteiger partial charge >= 0.3 is 0 Å². The molecule has 3 aromatic rings. The van der Waals surface area contributed by atoms with Crippen molar-refractivity contribution >= 4 is 56.3 Å². The van der Waals surface area contributed by atoms with E-state index in [-0.39, 0.29) is 18.3 Å². The fraction of sp³-hybridized carbons (Fsp3) is 0.421. The Morgan fingerprint density at radius 2 is 1.74 bits per heavy atom. The first-order valence-electron chi connectivity index (χ1n) is 8.54. The molecule has 0 N–H and O–H groups in total. The Balaban J connectivity index is 0.00000261. The van der Waals surface area contributed by atoms with E-state index in [0.717, 1.165) is 38.2 Å². The first kappa shape index (κ1) is 21.8. The largest absolute Gasteiger partial charge is 0.308 e. The first-order chi connectivity index (χ1) is 12.3. The monoisotopic (exact) mass is 424 g/mol. The van der Waals surface area contributed by atoms with Gasteiger partial charge in [-0.3, -0.25) is 9.69 Å². The maximum atomic E-state index is 13.3. The van der Waals surface area contributed by atoms with Crippen molar-refractivity contribution in [3.05, 3.63) is 38.8 Å². The van der Waals surface area contributed by atoms with Crippen molar-refractivity contribution in [2.45, 2.75) is 27.7 Å². The number of amides is 1. The lowest BCUT2D eigenvalue weighted by Crippen LogP contribution is -2.36. The summed E-state index contributed by atoms with van der Waals surface area (Å²) in [6.45, 7) is 9.36. The molecule has 0 bridgehead atoms. The van der Waals surface area contributed by atoms with Crippen molar-refractivity contribution in [3.63, 3.8) is 0 Å². The lowest BCUT2D eigenvalue weighted by Gasteiger charge is -2.21. The third kappa shape index (κ3) is 4.66. The molecule has 0 aliphatic heterocycles. The zero-order chi connectivity index (χ0) is 19.0. The van der Waals surface area contributed by atoms with Gasteiger partial charge in [0.15, 0.2) is 5.13 Å². The molecule has 0 radical (unpaired) electrons. The van der Waals surface area contributed by atoms with Crippen LogP contribution in [0.4, 0.5) is 5.13 Å². The smallest absolute Gasteiger partial charge is 0.272 e. The number of carbonyl (C=O) groups is 1. The molecular weight excluding hydrogens is 400 g/mol. The van der Waals surface area contributed by atoms with Crippen molar-refractivity contribution in [1.82, 2.24) is 14.9 Å². The number of nitrogens with zero attached hydrogens (tertiary/aromatic N) is 4. The molecule has 0 spiro atoms. The SMILES string of the molecule is Cc1cc(C)c2nc(N(CCN(C)C)C(=O)c3sc(C)nc3C)sc2c1.Cl. The predicted octanol–water partition coefficient (Wildman–Crippen LogP) is 4.62. The van der Waals surface area contributed by atoms with Crippen molar-refractivity contribution in [3.8, 4) is 0 Å². The molecule has 0 aliphatic rings. The van der Waals surface area contributed by atoms with Gasteiger partial charge in [0.1, 0.15) is 4.88 Å². The molecule has 2 aromatic heterocycles. The molecule has 1 aromatic carbocycles. The average Bonchev–Trinajstić information content (AvgIpc) is 3.10. The highest BCUT2D eigenvalue weighted by Crippen LogP contribution is 2.33. The average molecular weight is 425 g/mol. The number of thiazole rings is 2. The normalized spacial score (nSPS) is 11.1. The number of fused-ring (bicyclic) bond motifs is 1. The molecule has 8 heteroatoms. The minimum Gasteiger partial charge on any atom is -0.308 e. The third-order valence-corrected chi connectivity index (χ3v) is 6.25. The summed E-state index contributed by atoms with van der Waals surface area (Å²) in [5.74, 6) is -0.0108. The Kier molecular flexibility index (Phi) is 6.97. The standard InChI is InChI=1S/C19H24N4OS2.ClH/c1-11-9-12(2)16-15(10-11)26-19(21-16)23(8-7-22(5)6)18(24)17-13(3)20-14(4)25-17;/h9-10H,7-8H2,1-6H3;1H. The zero-order valence-corrected chi connectivity index (χ0v) is 18.9. The first-order valence-corrected chi connectivity index (χ1v) is 10.2. The Morgan fingerprint density at radius 3 is 2.33 bits per heavy atom. The maximum absolute atomic E-state index is 13.3. The third-order valence-electron chi connectivity index (χ3n) is 4.16. The number of hydrogen-bond donors (Lipinski definition) is 0. The summed E-state index contributed by atoms with van der Waals surface area (Å²) < 4.78 is 1.12. The molecule has 146 valence electrons. The second-order valence-corrected chi connectivity index (χ2v) is 9.04. The van der Waals surface area contributed by atoms with Gasteiger partial charge in [0.25, 0.3) is 5.91 Å². The molecule has 2 heterocycles. The number of halogens is 1. The number of aryl methyl sites for hydroxylation is 4. The van der Waals surface area contributed by atoms with E-state index in [1.807, 2.05) is 27.9 Å².